The van der Waals surface area contributed by atoms with Crippen molar-refractivity contribution >= 4 is 11.7 Å². The molecule has 6 nitrogen and oxygen atoms in total. The molecule has 0 aliphatic rings. The quantitative estimate of drug-likeness (QED) is 0.367. The first-order valence-electron chi connectivity index (χ1n) is 6.61. The first-order valence-corrected chi connectivity index (χ1v) is 6.61. The minimum absolute atomic E-state index is 0.00897. The molecule has 0 spiro atoms. The number of nitrogens with zero attached hydrogens (tertiary/aromatic N) is 1. The molecule has 0 bridgehead atoms. The summed E-state index contributed by atoms with van der Waals surface area (Å²) in [7, 11) is 0. The molecule has 2 rings (SSSR count). The van der Waals surface area contributed by atoms with Gasteiger partial charge in [0, 0.05) is 11.6 Å². The molecule has 22 heavy (non-hydrogen) atoms. The van der Waals surface area contributed by atoms with Crippen molar-refractivity contribution in [1.29, 1.82) is 0 Å². The summed E-state index contributed by atoms with van der Waals surface area (Å²) in [5.74, 6) is 0.291. The summed E-state index contributed by atoms with van der Waals surface area (Å²) >= 11 is 0. The third-order valence-corrected chi connectivity index (χ3v) is 2.94. The molecule has 6 heteroatoms. The van der Waals surface area contributed by atoms with Gasteiger partial charge in [-0.3, -0.25) is 10.1 Å². The van der Waals surface area contributed by atoms with Crippen LogP contribution in [0.2, 0.25) is 0 Å². The first-order chi connectivity index (χ1) is 10.5. The summed E-state index contributed by atoms with van der Waals surface area (Å²) in [5.41, 5.74) is 1.46. The Morgan fingerprint density at radius 2 is 1.91 bits per heavy atom. The van der Waals surface area contributed by atoms with Gasteiger partial charge in [-0.2, -0.15) is 0 Å². The van der Waals surface area contributed by atoms with Gasteiger partial charge in [0.25, 0.3) is 5.69 Å². The third-order valence-electron chi connectivity index (χ3n) is 2.94. The highest BCUT2D eigenvalue weighted by Crippen LogP contribution is 2.23. The van der Waals surface area contributed by atoms with Crippen LogP contribution < -0.4 is 9.47 Å². The van der Waals surface area contributed by atoms with Crippen molar-refractivity contribution in [1.82, 2.24) is 0 Å². The lowest BCUT2D eigenvalue weighted by Crippen LogP contribution is -2.17. The molecule has 2 aromatic carbocycles. The van der Waals surface area contributed by atoms with E-state index in [9.17, 15) is 14.9 Å². The number of carbonyl (C=O) groups excluding carboxylic acids is 1. The van der Waals surface area contributed by atoms with Crippen LogP contribution in [0.5, 0.6) is 11.5 Å². The van der Waals surface area contributed by atoms with E-state index in [1.54, 1.807) is 25.1 Å². The smallest absolute Gasteiger partial charge is 0.349 e. The Kier molecular flexibility index (Phi) is 4.73. The molecule has 0 aliphatic carbocycles. The van der Waals surface area contributed by atoms with Crippen LogP contribution >= 0.6 is 0 Å². The second-order valence-corrected chi connectivity index (χ2v) is 4.78. The molecule has 0 amide bonds. The molecule has 0 heterocycles. The van der Waals surface area contributed by atoms with E-state index in [1.165, 1.54) is 18.2 Å². The predicted molar refractivity (Wildman–Crippen MR) is 80.1 cm³/mol. The number of nitro benzene ring substituents is 1. The summed E-state index contributed by atoms with van der Waals surface area (Å²) < 4.78 is 10.4. The molecular formula is C16H15NO5. The van der Waals surface area contributed by atoms with Gasteiger partial charge in [-0.1, -0.05) is 12.1 Å². The van der Waals surface area contributed by atoms with E-state index in [2.05, 4.69) is 0 Å². The fourth-order valence-electron chi connectivity index (χ4n) is 1.90. The molecule has 0 saturated carbocycles. The van der Waals surface area contributed by atoms with Crippen molar-refractivity contribution in [2.45, 2.75) is 13.8 Å². The first kappa shape index (κ1) is 15.5. The number of aryl methyl sites for hydroxylation is 2. The standard InChI is InChI=1S/C16H15NO5/c1-11-4-3-5-14(8-11)22-16(18)10-21-13-6-7-15(17(19)20)12(2)9-13/h3-9H,10H2,1-2H3. The maximum atomic E-state index is 11.7. The van der Waals surface area contributed by atoms with Crippen LogP contribution in [0.15, 0.2) is 42.5 Å². The van der Waals surface area contributed by atoms with E-state index >= 15 is 0 Å². The Labute approximate surface area is 127 Å². The number of ether oxygens (including phenoxy) is 2. The lowest BCUT2D eigenvalue weighted by atomic mass is 10.2. The number of nitro groups is 1. The summed E-state index contributed by atoms with van der Waals surface area (Å²) in [5, 5.41) is 10.7. The van der Waals surface area contributed by atoms with Gasteiger partial charge in [-0.25, -0.2) is 4.79 Å². The largest absolute Gasteiger partial charge is 0.482 e. The number of benzene rings is 2. The maximum absolute atomic E-state index is 11.7. The Bertz CT molecular complexity index is 711. The van der Waals surface area contributed by atoms with Gasteiger partial charge in [0.05, 0.1) is 4.92 Å². The average molecular weight is 301 g/mol. The Hall–Kier alpha value is -2.89. The number of esters is 1. The topological polar surface area (TPSA) is 78.7 Å². The molecule has 114 valence electrons. The second-order valence-electron chi connectivity index (χ2n) is 4.78. The number of carbonyl (C=O) groups is 1. The van der Waals surface area contributed by atoms with E-state index in [-0.39, 0.29) is 12.3 Å². The van der Waals surface area contributed by atoms with Crippen LogP contribution in [0.3, 0.4) is 0 Å². The van der Waals surface area contributed by atoms with E-state index in [0.717, 1.165) is 5.56 Å². The highest BCUT2D eigenvalue weighted by atomic mass is 16.6. The number of hydrogen-bond donors (Lipinski definition) is 0. The van der Waals surface area contributed by atoms with Gasteiger partial charge in [0.2, 0.25) is 0 Å². The highest BCUT2D eigenvalue weighted by molar-refractivity contribution is 5.74. The molecule has 0 N–H and O–H groups in total. The van der Waals surface area contributed by atoms with Crippen LogP contribution in [0.1, 0.15) is 11.1 Å². The zero-order chi connectivity index (χ0) is 16.1. The lowest BCUT2D eigenvalue weighted by Gasteiger charge is -2.08. The fraction of sp³-hybridized carbons (Fsp3) is 0.188. The van der Waals surface area contributed by atoms with Gasteiger partial charge < -0.3 is 9.47 Å². The van der Waals surface area contributed by atoms with Crippen LogP contribution in [-0.4, -0.2) is 17.5 Å². The zero-order valence-corrected chi connectivity index (χ0v) is 12.2. The molecule has 0 atom stereocenters. The molecule has 0 unspecified atom stereocenters. The number of hydrogen-bond acceptors (Lipinski definition) is 5. The van der Waals surface area contributed by atoms with Gasteiger partial charge in [-0.05, 0) is 43.7 Å². The zero-order valence-electron chi connectivity index (χ0n) is 12.2. The summed E-state index contributed by atoms with van der Waals surface area (Å²) in [6.07, 6.45) is 0. The van der Waals surface area contributed by atoms with Gasteiger partial charge >= 0.3 is 5.97 Å². The van der Waals surface area contributed by atoms with Crippen molar-refractivity contribution in [2.75, 3.05) is 6.61 Å². The van der Waals surface area contributed by atoms with Crippen LogP contribution in [0.25, 0.3) is 0 Å². The summed E-state index contributed by atoms with van der Waals surface area (Å²) in [6.45, 7) is 3.23. The van der Waals surface area contributed by atoms with E-state index in [4.69, 9.17) is 9.47 Å². The SMILES string of the molecule is Cc1cccc(OC(=O)COc2ccc([N+](=O)[O-])c(C)c2)c1. The van der Waals surface area contributed by atoms with E-state index in [0.29, 0.717) is 17.1 Å². The molecular weight excluding hydrogens is 286 g/mol. The second kappa shape index (κ2) is 6.71. The van der Waals surface area contributed by atoms with E-state index < -0.39 is 10.9 Å². The molecule has 0 fully saturated rings. The van der Waals surface area contributed by atoms with Gasteiger partial charge in [0.15, 0.2) is 6.61 Å². The van der Waals surface area contributed by atoms with Crippen LogP contribution in [-0.2, 0) is 4.79 Å². The van der Waals surface area contributed by atoms with Crippen LogP contribution in [0.4, 0.5) is 5.69 Å². The predicted octanol–water partition coefficient (Wildman–Crippen LogP) is 3.20. The fourth-order valence-corrected chi connectivity index (χ4v) is 1.90. The van der Waals surface area contributed by atoms with Crippen molar-refractivity contribution in [2.24, 2.45) is 0 Å². The summed E-state index contributed by atoms with van der Waals surface area (Å²) in [4.78, 5) is 22.0. The highest BCUT2D eigenvalue weighted by Gasteiger charge is 2.12. The van der Waals surface area contributed by atoms with Crippen molar-refractivity contribution < 1.29 is 19.2 Å². The minimum atomic E-state index is -0.540. The van der Waals surface area contributed by atoms with Crippen molar-refractivity contribution in [3.05, 3.63) is 63.7 Å². The molecule has 0 saturated heterocycles. The van der Waals surface area contributed by atoms with Crippen molar-refractivity contribution in [3.63, 3.8) is 0 Å². The number of rotatable bonds is 5. The summed E-state index contributed by atoms with van der Waals surface area (Å²) in [6, 6.07) is 11.4. The molecule has 0 aromatic heterocycles. The lowest BCUT2D eigenvalue weighted by molar-refractivity contribution is -0.385. The molecule has 0 radical (unpaired) electrons. The van der Waals surface area contributed by atoms with Gasteiger partial charge in [0.1, 0.15) is 11.5 Å². The Morgan fingerprint density at radius 1 is 1.14 bits per heavy atom. The maximum Gasteiger partial charge on any atom is 0.349 e. The van der Waals surface area contributed by atoms with Crippen molar-refractivity contribution in [3.8, 4) is 11.5 Å². The van der Waals surface area contributed by atoms with E-state index in [1.807, 2.05) is 13.0 Å². The monoisotopic (exact) mass is 301 g/mol. The van der Waals surface area contributed by atoms with Crippen LogP contribution in [0, 0.1) is 24.0 Å². The third kappa shape index (κ3) is 4.05. The normalized spacial score (nSPS) is 10.1. The molecule has 0 aliphatic heterocycles. The molecule has 2 aromatic rings. The average Bonchev–Trinajstić information content (AvgIpc) is 2.45. The Morgan fingerprint density at radius 3 is 2.55 bits per heavy atom. The Balaban J connectivity index is 1.94. The van der Waals surface area contributed by atoms with Gasteiger partial charge in [-0.15, -0.1) is 0 Å². The minimum Gasteiger partial charge on any atom is -0.482 e.